The number of rotatable bonds is 3. The minimum atomic E-state index is -2.44. The molecule has 0 aliphatic carbocycles. The van der Waals surface area contributed by atoms with Gasteiger partial charge in [-0.15, -0.1) is 0 Å². The van der Waals surface area contributed by atoms with Crippen molar-refractivity contribution < 1.29 is 62.6 Å². The second kappa shape index (κ2) is 10.6. The van der Waals surface area contributed by atoms with Crippen LogP contribution in [0.4, 0.5) is 0 Å². The Labute approximate surface area is 109 Å². The monoisotopic (exact) mass is 308 g/mol. The van der Waals surface area contributed by atoms with Gasteiger partial charge in [-0.1, -0.05) is 0 Å². The zero-order chi connectivity index (χ0) is 10.3. The minimum absolute atomic E-state index is 0. The first-order valence-corrected chi connectivity index (χ1v) is 3.47. The van der Waals surface area contributed by atoms with Gasteiger partial charge in [0.25, 0.3) is 0 Å². The Bertz CT molecular complexity index is 156. The molecular weight excluding hydrogens is 305 g/mol. The van der Waals surface area contributed by atoms with Crippen molar-refractivity contribution >= 4 is 35.0 Å². The molecule has 0 rings (SSSR count). The summed E-state index contributed by atoms with van der Waals surface area (Å²) in [5.41, 5.74) is 0. The average molecular weight is 309 g/mol. The van der Waals surface area contributed by atoms with E-state index < -0.39 is 24.1 Å². The number of aliphatic hydroxyl groups is 2. The third kappa shape index (κ3) is 8.80. The van der Waals surface area contributed by atoms with Gasteiger partial charge >= 0.3 is 55.6 Å². The molecule has 7 nitrogen and oxygen atoms in total. The summed E-state index contributed by atoms with van der Waals surface area (Å²) in [5, 5.41) is 35.7. The molecule has 0 aromatic rings. The molecule has 13 heavy (non-hydrogen) atoms. The van der Waals surface area contributed by atoms with Crippen LogP contribution in [-0.4, -0.2) is 57.4 Å². The Morgan fingerprint density at radius 1 is 1.00 bits per heavy atom. The first kappa shape index (κ1) is 19.1. The van der Waals surface area contributed by atoms with Gasteiger partial charge in [0.15, 0.2) is 0 Å². The molecule has 0 saturated carbocycles. The molecule has 0 bridgehead atoms. The number of carbonyl (C=O) groups excluding carboxylic acids is 2. The van der Waals surface area contributed by atoms with Crippen molar-refractivity contribution in [2.45, 2.75) is 12.2 Å². The van der Waals surface area contributed by atoms with Gasteiger partial charge in [0.05, 0.1) is 11.9 Å². The van der Waals surface area contributed by atoms with Gasteiger partial charge in [-0.3, -0.25) is 0 Å². The number of hydrogen-bond acceptors (Lipinski definition) is 7. The summed E-state index contributed by atoms with van der Waals surface area (Å²) in [6.07, 6.45) is -4.88. The first-order chi connectivity index (χ1) is 5.46. The number of aliphatic carboxylic acids is 2. The van der Waals surface area contributed by atoms with E-state index in [9.17, 15) is 19.8 Å². The summed E-state index contributed by atoms with van der Waals surface area (Å²) in [5.74, 6) is -4.12. The molecule has 0 aromatic heterocycles. The summed E-state index contributed by atoms with van der Waals surface area (Å²) in [6.45, 7) is 0. The van der Waals surface area contributed by atoms with Gasteiger partial charge in [0.2, 0.25) is 0 Å². The van der Waals surface area contributed by atoms with E-state index in [1.54, 1.807) is 0 Å². The van der Waals surface area contributed by atoms with E-state index in [1.165, 1.54) is 0 Å². The Balaban J connectivity index is -0.000000309. The number of carboxylic acids is 2. The Morgan fingerprint density at radius 2 is 1.15 bits per heavy atom. The van der Waals surface area contributed by atoms with Gasteiger partial charge in [-0.2, -0.15) is 0 Å². The Kier molecular flexibility index (Phi) is 15.5. The summed E-state index contributed by atoms with van der Waals surface area (Å²) in [4.78, 5) is 19.3. The molecule has 0 aliphatic rings. The molecule has 0 aromatic carbocycles. The summed E-state index contributed by atoms with van der Waals surface area (Å²) in [7, 11) is 0. The van der Waals surface area contributed by atoms with E-state index in [1.807, 2.05) is 0 Å². The Hall–Kier alpha value is 0.478. The molecular formula is C4H4NaO7Sb. The second-order valence-corrected chi connectivity index (χ2v) is 1.53. The fraction of sp³-hybridized carbons (Fsp3) is 0.500. The molecule has 0 spiro atoms. The molecule has 0 fully saturated rings. The van der Waals surface area contributed by atoms with E-state index in [4.69, 9.17) is 13.2 Å². The maximum atomic E-state index is 9.63. The molecule has 0 saturated heterocycles. The first-order valence-electron chi connectivity index (χ1n) is 2.43. The molecule has 0 aliphatic heterocycles. The number of carboxylic acid groups (broad SMARTS) is 2. The Morgan fingerprint density at radius 3 is 1.23 bits per heavy atom. The van der Waals surface area contributed by atoms with Crippen LogP contribution in [0.2, 0.25) is 0 Å². The standard InChI is InChI=1S/C4H6O6.Na.O.Sb/c5-1(3(7)8)2(6)4(9)10;;;/h1-2,5-6H,(H,7,8)(H,9,10);;;/q;+1;;+1/p-2. The molecule has 68 valence electrons. The maximum absolute atomic E-state index is 9.63. The third-order valence-corrected chi connectivity index (χ3v) is 0.782. The fourth-order valence-electron chi connectivity index (χ4n) is 0.258. The van der Waals surface area contributed by atoms with E-state index in [2.05, 4.69) is 0 Å². The number of hydrogen-bond donors (Lipinski definition) is 2. The summed E-state index contributed by atoms with van der Waals surface area (Å²) >= 11 is 0.500. The summed E-state index contributed by atoms with van der Waals surface area (Å²) < 4.78 is 8.30. The van der Waals surface area contributed by atoms with Crippen molar-refractivity contribution in [3.63, 3.8) is 0 Å². The van der Waals surface area contributed by atoms with Crippen LogP contribution in [0.5, 0.6) is 0 Å². The van der Waals surface area contributed by atoms with Crippen LogP contribution in [0.1, 0.15) is 0 Å². The van der Waals surface area contributed by atoms with E-state index >= 15 is 0 Å². The topological polar surface area (TPSA) is 138 Å². The second-order valence-electron chi connectivity index (χ2n) is 1.53. The quantitative estimate of drug-likeness (QED) is 0.494. The van der Waals surface area contributed by atoms with Crippen LogP contribution in [0.25, 0.3) is 0 Å². The zero-order valence-electron chi connectivity index (χ0n) is 6.54. The normalized spacial score (nSPS) is 12.5. The predicted molar refractivity (Wildman–Crippen MR) is 28.5 cm³/mol. The molecule has 0 heterocycles. The van der Waals surface area contributed by atoms with Crippen molar-refractivity contribution in [1.82, 2.24) is 0 Å². The van der Waals surface area contributed by atoms with Crippen molar-refractivity contribution in [2.75, 3.05) is 0 Å². The van der Waals surface area contributed by atoms with E-state index in [0.717, 1.165) is 0 Å². The van der Waals surface area contributed by atoms with Gasteiger partial charge in [0.1, 0.15) is 12.2 Å². The van der Waals surface area contributed by atoms with Crippen LogP contribution in [0.15, 0.2) is 0 Å². The number of aliphatic hydroxyl groups excluding tert-OH is 2. The average Bonchev–Trinajstić information content (AvgIpc) is 2.05. The summed E-state index contributed by atoms with van der Waals surface area (Å²) in [6, 6.07) is 0. The van der Waals surface area contributed by atoms with Crippen molar-refractivity contribution in [1.29, 1.82) is 0 Å². The predicted octanol–water partition coefficient (Wildman–Crippen LogP) is -8.29. The van der Waals surface area contributed by atoms with Crippen molar-refractivity contribution in [3.05, 3.63) is 0 Å². The molecule has 0 amide bonds. The van der Waals surface area contributed by atoms with E-state index in [0.29, 0.717) is 23.0 Å². The SMILES string of the molecule is O=C([O-])C(O)C(O)C(=O)[O-].[Na+].[O]=[Sb+]. The van der Waals surface area contributed by atoms with Gasteiger partial charge in [0, 0.05) is 0 Å². The van der Waals surface area contributed by atoms with Crippen LogP contribution in [0, 0.1) is 0 Å². The molecule has 2 N–H and O–H groups in total. The molecule has 2 unspecified atom stereocenters. The molecule has 2 atom stereocenters. The van der Waals surface area contributed by atoms with Crippen LogP contribution >= 0.6 is 0 Å². The van der Waals surface area contributed by atoms with Crippen LogP contribution in [-0.2, 0) is 12.6 Å². The fourth-order valence-corrected chi connectivity index (χ4v) is 0.258. The van der Waals surface area contributed by atoms with E-state index in [-0.39, 0.29) is 29.6 Å². The van der Waals surface area contributed by atoms with Crippen molar-refractivity contribution in [2.24, 2.45) is 0 Å². The van der Waals surface area contributed by atoms with Crippen LogP contribution < -0.4 is 39.8 Å². The molecule has 9 heteroatoms. The van der Waals surface area contributed by atoms with Gasteiger partial charge in [-0.05, 0) is 0 Å². The number of carbonyl (C=O) groups is 2. The zero-order valence-corrected chi connectivity index (χ0v) is 11.1. The molecule has 2 radical (unpaired) electrons. The van der Waals surface area contributed by atoms with Gasteiger partial charge < -0.3 is 30.0 Å². The van der Waals surface area contributed by atoms with Crippen LogP contribution in [0.3, 0.4) is 0 Å². The van der Waals surface area contributed by atoms with Gasteiger partial charge in [-0.25, -0.2) is 0 Å². The van der Waals surface area contributed by atoms with Crippen molar-refractivity contribution in [3.8, 4) is 0 Å². The third-order valence-electron chi connectivity index (χ3n) is 0.782.